The van der Waals surface area contributed by atoms with E-state index in [2.05, 4.69) is 20.2 Å². The van der Waals surface area contributed by atoms with Crippen LogP contribution in [0.5, 0.6) is 0 Å². The van der Waals surface area contributed by atoms with Gasteiger partial charge in [-0.05, 0) is 31.2 Å². The molecule has 1 aliphatic rings. The highest BCUT2D eigenvalue weighted by Crippen LogP contribution is 2.21. The molecule has 24 heavy (non-hydrogen) atoms. The first-order chi connectivity index (χ1) is 11.5. The highest BCUT2D eigenvalue weighted by molar-refractivity contribution is 5.73. The molecule has 0 unspecified atom stereocenters. The van der Waals surface area contributed by atoms with E-state index >= 15 is 0 Å². The normalized spacial score (nSPS) is 14.6. The minimum Gasteiger partial charge on any atom is -0.353 e. The number of rotatable bonds is 3. The Balaban J connectivity index is 1.74. The van der Waals surface area contributed by atoms with Crippen molar-refractivity contribution in [1.29, 1.82) is 0 Å². The van der Waals surface area contributed by atoms with Crippen molar-refractivity contribution in [3.05, 3.63) is 42.0 Å². The molecule has 1 aliphatic heterocycles. The van der Waals surface area contributed by atoms with Gasteiger partial charge in [0.1, 0.15) is 23.3 Å². The molecule has 1 saturated heterocycles. The zero-order valence-electron chi connectivity index (χ0n) is 13.8. The van der Waals surface area contributed by atoms with Crippen LogP contribution in [0.15, 0.2) is 30.3 Å². The Morgan fingerprint density at radius 2 is 1.79 bits per heavy atom. The molecule has 1 aromatic carbocycles. The van der Waals surface area contributed by atoms with Gasteiger partial charge in [0.05, 0.1) is 0 Å². The second kappa shape index (κ2) is 6.82. The third-order valence-electron chi connectivity index (χ3n) is 3.99. The fourth-order valence-corrected chi connectivity index (χ4v) is 2.71. The maximum absolute atomic E-state index is 13.0. The summed E-state index contributed by atoms with van der Waals surface area (Å²) < 4.78 is 13.0. The van der Waals surface area contributed by atoms with Gasteiger partial charge in [-0.25, -0.2) is 14.4 Å². The molecule has 0 bridgehead atoms. The van der Waals surface area contributed by atoms with E-state index in [1.807, 2.05) is 17.9 Å². The number of hydrogen-bond donors (Lipinski definition) is 1. The lowest BCUT2D eigenvalue weighted by Gasteiger charge is -2.35. The molecule has 0 radical (unpaired) electrons. The van der Waals surface area contributed by atoms with Crippen molar-refractivity contribution in [3.63, 3.8) is 0 Å². The zero-order valence-corrected chi connectivity index (χ0v) is 13.8. The van der Waals surface area contributed by atoms with Gasteiger partial charge in [-0.1, -0.05) is 0 Å². The van der Waals surface area contributed by atoms with Crippen molar-refractivity contribution in [2.75, 3.05) is 36.4 Å². The minimum atomic E-state index is -0.275. The molecule has 0 atom stereocenters. The van der Waals surface area contributed by atoms with E-state index in [4.69, 9.17) is 0 Å². The van der Waals surface area contributed by atoms with Gasteiger partial charge >= 0.3 is 0 Å². The maximum atomic E-state index is 13.0. The number of aryl methyl sites for hydroxylation is 1. The number of piperazine rings is 1. The van der Waals surface area contributed by atoms with Gasteiger partial charge in [0.2, 0.25) is 5.91 Å². The number of benzene rings is 1. The number of carbonyl (C=O) groups excluding carboxylic acids is 1. The summed E-state index contributed by atoms with van der Waals surface area (Å²) in [7, 11) is 0. The second-order valence-electron chi connectivity index (χ2n) is 5.78. The van der Waals surface area contributed by atoms with E-state index in [-0.39, 0.29) is 11.7 Å². The first-order valence-electron chi connectivity index (χ1n) is 7.90. The third kappa shape index (κ3) is 3.79. The molecule has 7 heteroatoms. The Morgan fingerprint density at radius 1 is 1.12 bits per heavy atom. The van der Waals surface area contributed by atoms with Crippen LogP contribution >= 0.6 is 0 Å². The number of anilines is 3. The molecule has 126 valence electrons. The van der Waals surface area contributed by atoms with Crippen molar-refractivity contribution in [3.8, 4) is 0 Å². The summed E-state index contributed by atoms with van der Waals surface area (Å²) in [5.41, 5.74) is 0.766. The molecule has 1 amide bonds. The zero-order chi connectivity index (χ0) is 17.1. The number of amides is 1. The molecule has 1 N–H and O–H groups in total. The van der Waals surface area contributed by atoms with E-state index in [9.17, 15) is 9.18 Å². The predicted molar refractivity (Wildman–Crippen MR) is 90.9 cm³/mol. The molecule has 0 aliphatic carbocycles. The first kappa shape index (κ1) is 16.2. The molecule has 3 rings (SSSR count). The number of nitrogens with zero attached hydrogens (tertiary/aromatic N) is 4. The Hall–Kier alpha value is -2.70. The van der Waals surface area contributed by atoms with Crippen molar-refractivity contribution in [2.45, 2.75) is 13.8 Å². The van der Waals surface area contributed by atoms with Crippen LogP contribution in [-0.4, -0.2) is 47.0 Å². The van der Waals surface area contributed by atoms with Crippen LogP contribution in [0.1, 0.15) is 12.7 Å². The van der Waals surface area contributed by atoms with Crippen LogP contribution in [0.2, 0.25) is 0 Å². The largest absolute Gasteiger partial charge is 0.353 e. The SMILES string of the molecule is CC(=O)N1CCN(c2cc(Nc3ccc(F)cc3)nc(C)n2)CC1. The van der Waals surface area contributed by atoms with Crippen molar-refractivity contribution < 1.29 is 9.18 Å². The highest BCUT2D eigenvalue weighted by atomic mass is 19.1. The van der Waals surface area contributed by atoms with Gasteiger partial charge in [0.15, 0.2) is 0 Å². The fraction of sp³-hybridized carbons (Fsp3) is 0.353. The molecular weight excluding hydrogens is 309 g/mol. The van der Waals surface area contributed by atoms with Crippen LogP contribution in [0.25, 0.3) is 0 Å². The summed E-state index contributed by atoms with van der Waals surface area (Å²) in [4.78, 5) is 24.3. The number of aromatic nitrogens is 2. The van der Waals surface area contributed by atoms with Crippen LogP contribution in [-0.2, 0) is 4.79 Å². The van der Waals surface area contributed by atoms with Gasteiger partial charge in [-0.2, -0.15) is 0 Å². The minimum absolute atomic E-state index is 0.104. The summed E-state index contributed by atoms with van der Waals surface area (Å²) in [5.74, 6) is 1.98. The first-order valence-corrected chi connectivity index (χ1v) is 7.90. The highest BCUT2D eigenvalue weighted by Gasteiger charge is 2.20. The van der Waals surface area contributed by atoms with Crippen LogP contribution < -0.4 is 10.2 Å². The van der Waals surface area contributed by atoms with Crippen LogP contribution in [0, 0.1) is 12.7 Å². The van der Waals surface area contributed by atoms with Gasteiger partial charge in [0.25, 0.3) is 0 Å². The van der Waals surface area contributed by atoms with Crippen molar-refractivity contribution >= 4 is 23.2 Å². The maximum Gasteiger partial charge on any atom is 0.219 e. The Labute approximate surface area is 140 Å². The smallest absolute Gasteiger partial charge is 0.219 e. The lowest BCUT2D eigenvalue weighted by atomic mass is 10.3. The molecule has 0 spiro atoms. The average molecular weight is 329 g/mol. The van der Waals surface area contributed by atoms with Gasteiger partial charge in [0, 0.05) is 44.9 Å². The number of halogens is 1. The lowest BCUT2D eigenvalue weighted by molar-refractivity contribution is -0.129. The predicted octanol–water partition coefficient (Wildman–Crippen LogP) is 2.34. The Kier molecular flexibility index (Phi) is 4.59. The fourth-order valence-electron chi connectivity index (χ4n) is 2.71. The summed E-state index contributed by atoms with van der Waals surface area (Å²) in [6, 6.07) is 8.01. The second-order valence-corrected chi connectivity index (χ2v) is 5.78. The average Bonchev–Trinajstić information content (AvgIpc) is 2.56. The van der Waals surface area contributed by atoms with Gasteiger partial charge in [-0.15, -0.1) is 0 Å². The molecule has 2 heterocycles. The Morgan fingerprint density at radius 3 is 2.42 bits per heavy atom. The molecule has 2 aromatic rings. The van der Waals surface area contributed by atoms with Crippen LogP contribution in [0.4, 0.5) is 21.7 Å². The lowest BCUT2D eigenvalue weighted by Crippen LogP contribution is -2.48. The topological polar surface area (TPSA) is 61.4 Å². The molecule has 6 nitrogen and oxygen atoms in total. The number of hydrogen-bond acceptors (Lipinski definition) is 5. The number of carbonyl (C=O) groups is 1. The van der Waals surface area contributed by atoms with E-state index in [0.29, 0.717) is 24.7 Å². The van der Waals surface area contributed by atoms with Crippen molar-refractivity contribution in [1.82, 2.24) is 14.9 Å². The van der Waals surface area contributed by atoms with E-state index in [0.717, 1.165) is 24.6 Å². The molecule has 0 saturated carbocycles. The summed E-state index contributed by atoms with van der Waals surface area (Å²) in [6.45, 7) is 6.30. The van der Waals surface area contributed by atoms with E-state index in [1.165, 1.54) is 12.1 Å². The standard InChI is InChI=1S/C17H20FN5O/c1-12-19-16(21-15-5-3-14(18)4-6-15)11-17(20-12)23-9-7-22(8-10-23)13(2)24/h3-6,11H,7-10H2,1-2H3,(H,19,20,21). The summed E-state index contributed by atoms with van der Waals surface area (Å²) in [5, 5.41) is 3.17. The van der Waals surface area contributed by atoms with Gasteiger partial charge < -0.3 is 15.1 Å². The Bertz CT molecular complexity index is 726. The monoisotopic (exact) mass is 329 g/mol. The van der Waals surface area contributed by atoms with E-state index < -0.39 is 0 Å². The summed E-state index contributed by atoms with van der Waals surface area (Å²) >= 11 is 0. The quantitative estimate of drug-likeness (QED) is 0.936. The molecular formula is C17H20FN5O. The van der Waals surface area contributed by atoms with Gasteiger partial charge in [-0.3, -0.25) is 4.79 Å². The summed E-state index contributed by atoms with van der Waals surface area (Å²) in [6.07, 6.45) is 0. The van der Waals surface area contributed by atoms with Crippen molar-refractivity contribution in [2.24, 2.45) is 0 Å². The van der Waals surface area contributed by atoms with E-state index in [1.54, 1.807) is 19.1 Å². The molecule has 1 aromatic heterocycles. The number of nitrogens with one attached hydrogen (secondary N) is 1. The molecule has 1 fully saturated rings. The third-order valence-corrected chi connectivity index (χ3v) is 3.99. The van der Waals surface area contributed by atoms with Crippen LogP contribution in [0.3, 0.4) is 0 Å².